The van der Waals surface area contributed by atoms with E-state index in [1.165, 1.54) is 25.7 Å². The van der Waals surface area contributed by atoms with Gasteiger partial charge in [0.2, 0.25) is 0 Å². The molecule has 1 aliphatic heterocycles. The van der Waals surface area contributed by atoms with Gasteiger partial charge in [-0.1, -0.05) is 36.1 Å². The van der Waals surface area contributed by atoms with Crippen LogP contribution in [0.2, 0.25) is 0 Å². The molecule has 1 saturated heterocycles. The average molecular weight is 482 g/mol. The largest absolute Gasteiger partial charge is 0.486 e. The van der Waals surface area contributed by atoms with Gasteiger partial charge < -0.3 is 14.6 Å². The summed E-state index contributed by atoms with van der Waals surface area (Å²) in [4.78, 5) is 16.0. The summed E-state index contributed by atoms with van der Waals surface area (Å²) in [6, 6.07) is 3.70. The average Bonchev–Trinajstić information content (AvgIpc) is 3.59. The number of aromatic nitrogens is 7. The van der Waals surface area contributed by atoms with E-state index in [-0.39, 0.29) is 12.7 Å². The first-order valence-electron chi connectivity index (χ1n) is 12.2. The van der Waals surface area contributed by atoms with E-state index in [4.69, 9.17) is 14.5 Å². The molecule has 11 heteroatoms. The van der Waals surface area contributed by atoms with Gasteiger partial charge in [-0.05, 0) is 31.4 Å². The maximum Gasteiger partial charge on any atom is 0.308 e. The van der Waals surface area contributed by atoms with Crippen molar-refractivity contribution in [2.45, 2.75) is 58.1 Å². The lowest BCUT2D eigenvalue weighted by molar-refractivity contribution is -0.149. The summed E-state index contributed by atoms with van der Waals surface area (Å²) in [5.74, 6) is -0.112. The van der Waals surface area contributed by atoms with Crippen molar-refractivity contribution in [1.82, 2.24) is 35.0 Å². The Morgan fingerprint density at radius 2 is 2.06 bits per heavy atom. The Balaban J connectivity index is 1.32. The third-order valence-electron chi connectivity index (χ3n) is 7.01. The lowest BCUT2D eigenvalue weighted by Gasteiger charge is -2.27. The maximum absolute atomic E-state index is 11.3. The van der Waals surface area contributed by atoms with Crippen LogP contribution in [-0.2, 0) is 29.5 Å². The van der Waals surface area contributed by atoms with Gasteiger partial charge in [0.05, 0.1) is 54.6 Å². The molecule has 2 fully saturated rings. The second kappa shape index (κ2) is 10.1. The van der Waals surface area contributed by atoms with Crippen molar-refractivity contribution in [3.63, 3.8) is 0 Å². The summed E-state index contributed by atoms with van der Waals surface area (Å²) in [6.45, 7) is 2.95. The summed E-state index contributed by atoms with van der Waals surface area (Å²) in [5.41, 5.74) is 4.11. The molecule has 0 aromatic carbocycles. The molecule has 3 aromatic heterocycles. The molecule has 5 rings (SSSR count). The zero-order valence-corrected chi connectivity index (χ0v) is 20.1. The van der Waals surface area contributed by atoms with Crippen LogP contribution in [0, 0.1) is 18.8 Å². The fourth-order valence-electron chi connectivity index (χ4n) is 5.01. The molecule has 0 bridgehead atoms. The van der Waals surface area contributed by atoms with Crippen LogP contribution < -0.4 is 4.74 Å². The minimum Gasteiger partial charge on any atom is -0.486 e. The van der Waals surface area contributed by atoms with Crippen LogP contribution in [-0.4, -0.2) is 65.4 Å². The van der Waals surface area contributed by atoms with Crippen LogP contribution in [0.1, 0.15) is 49.2 Å². The summed E-state index contributed by atoms with van der Waals surface area (Å²) < 4.78 is 15.2. The number of rotatable bonds is 8. The molecule has 4 heterocycles. The van der Waals surface area contributed by atoms with Crippen LogP contribution in [0.5, 0.6) is 5.75 Å². The van der Waals surface area contributed by atoms with Crippen molar-refractivity contribution in [2.24, 2.45) is 18.9 Å². The van der Waals surface area contributed by atoms with Crippen molar-refractivity contribution in [3.8, 4) is 17.1 Å². The topological polar surface area (TPSA) is 130 Å². The lowest BCUT2D eigenvalue weighted by atomic mass is 10.0. The molecule has 0 radical (unpaired) electrons. The van der Waals surface area contributed by atoms with Crippen LogP contribution >= 0.6 is 0 Å². The van der Waals surface area contributed by atoms with Gasteiger partial charge in [-0.25, -0.2) is 14.3 Å². The first-order chi connectivity index (χ1) is 17.0. The van der Waals surface area contributed by atoms with Crippen molar-refractivity contribution in [3.05, 3.63) is 35.4 Å². The summed E-state index contributed by atoms with van der Waals surface area (Å²) in [6.07, 6.45) is 8.09. The Morgan fingerprint density at radius 1 is 1.23 bits per heavy atom. The Morgan fingerprint density at radius 3 is 2.83 bits per heavy atom. The molecule has 0 unspecified atom stereocenters. The molecule has 11 nitrogen and oxygen atoms in total. The molecule has 2 atom stereocenters. The second-order valence-electron chi connectivity index (χ2n) is 9.57. The Labute approximate surface area is 203 Å². The number of aryl methyl sites for hydroxylation is 2. The summed E-state index contributed by atoms with van der Waals surface area (Å²) in [7, 11) is 1.87. The normalized spacial score (nSPS) is 20.9. The minimum atomic E-state index is -0.863. The van der Waals surface area contributed by atoms with Crippen LogP contribution in [0.3, 0.4) is 0 Å². The fourth-order valence-corrected chi connectivity index (χ4v) is 5.01. The standard InChI is InChI=1S/C24H31N7O4/c1-15-22(35-19-10-17(24(32)33)13-34-14-19)8-7-20(26-15)23-21(30(2)29-27-23)12-31-18(11-25-28-31)9-16-5-3-4-6-16/h7-8,11,16-17,19H,3-6,9-10,12-14H2,1-2H3,(H,32,33)/t17-,19-/m0/s1. The smallest absolute Gasteiger partial charge is 0.308 e. The number of carbonyl (C=O) groups is 1. The molecular formula is C24H31N7O4. The third-order valence-corrected chi connectivity index (χ3v) is 7.01. The molecular weight excluding hydrogens is 450 g/mol. The summed E-state index contributed by atoms with van der Waals surface area (Å²) >= 11 is 0. The Hall–Kier alpha value is -3.34. The van der Waals surface area contributed by atoms with Crippen LogP contribution in [0.25, 0.3) is 11.4 Å². The number of pyridine rings is 1. The van der Waals surface area contributed by atoms with E-state index in [1.807, 2.05) is 37.0 Å². The molecule has 0 spiro atoms. The predicted octanol–water partition coefficient (Wildman–Crippen LogP) is 2.43. The highest BCUT2D eigenvalue weighted by molar-refractivity contribution is 5.70. The fraction of sp³-hybridized carbons (Fsp3) is 0.583. The van der Waals surface area contributed by atoms with E-state index < -0.39 is 11.9 Å². The highest BCUT2D eigenvalue weighted by Crippen LogP contribution is 2.29. The van der Waals surface area contributed by atoms with Crippen molar-refractivity contribution >= 4 is 5.97 Å². The molecule has 1 N–H and O–H groups in total. The lowest BCUT2D eigenvalue weighted by Crippen LogP contribution is -2.37. The third kappa shape index (κ3) is 5.19. The van der Waals surface area contributed by atoms with E-state index in [1.54, 1.807) is 4.68 Å². The SMILES string of the molecule is Cc1nc(-c2nnn(C)c2Cn2nncc2CC2CCCC2)ccc1O[C@@H]1COC[C@@H](C(=O)O)C1. The first kappa shape index (κ1) is 23.4. The summed E-state index contributed by atoms with van der Waals surface area (Å²) in [5, 5.41) is 26.4. The number of carboxylic acids is 1. The van der Waals surface area contributed by atoms with Gasteiger partial charge in [-0.2, -0.15) is 0 Å². The van der Waals surface area contributed by atoms with Crippen molar-refractivity contribution in [2.75, 3.05) is 13.2 Å². The van der Waals surface area contributed by atoms with E-state index in [9.17, 15) is 9.90 Å². The molecule has 2 aliphatic rings. The molecule has 1 saturated carbocycles. The highest BCUT2D eigenvalue weighted by Gasteiger charge is 2.29. The first-order valence-corrected chi connectivity index (χ1v) is 12.2. The number of nitrogens with zero attached hydrogens (tertiary/aromatic N) is 7. The molecule has 0 amide bonds. The second-order valence-corrected chi connectivity index (χ2v) is 9.57. The number of hydrogen-bond donors (Lipinski definition) is 1. The van der Waals surface area contributed by atoms with Crippen molar-refractivity contribution < 1.29 is 19.4 Å². The predicted molar refractivity (Wildman–Crippen MR) is 125 cm³/mol. The number of aliphatic carboxylic acids is 1. The number of carboxylic acid groups (broad SMARTS) is 1. The van der Waals surface area contributed by atoms with E-state index in [0.29, 0.717) is 48.3 Å². The van der Waals surface area contributed by atoms with Gasteiger partial charge in [-0.15, -0.1) is 10.2 Å². The van der Waals surface area contributed by atoms with Crippen molar-refractivity contribution in [1.29, 1.82) is 0 Å². The minimum absolute atomic E-state index is 0.217. The van der Waals surface area contributed by atoms with Gasteiger partial charge in [-0.3, -0.25) is 4.79 Å². The van der Waals surface area contributed by atoms with Gasteiger partial charge in [0, 0.05) is 13.5 Å². The van der Waals surface area contributed by atoms with Crippen LogP contribution in [0.4, 0.5) is 0 Å². The van der Waals surface area contributed by atoms with Gasteiger partial charge in [0.15, 0.2) is 0 Å². The molecule has 1 aliphatic carbocycles. The van der Waals surface area contributed by atoms with Gasteiger partial charge >= 0.3 is 5.97 Å². The van der Waals surface area contributed by atoms with Crippen LogP contribution in [0.15, 0.2) is 18.3 Å². The van der Waals surface area contributed by atoms with E-state index in [2.05, 4.69) is 20.6 Å². The molecule has 35 heavy (non-hydrogen) atoms. The molecule has 3 aromatic rings. The Bertz CT molecular complexity index is 1180. The number of ether oxygens (including phenoxy) is 2. The Kier molecular flexibility index (Phi) is 6.76. The molecule has 186 valence electrons. The number of hydrogen-bond acceptors (Lipinski definition) is 8. The maximum atomic E-state index is 11.3. The quantitative estimate of drug-likeness (QED) is 0.515. The highest BCUT2D eigenvalue weighted by atomic mass is 16.5. The van der Waals surface area contributed by atoms with E-state index in [0.717, 1.165) is 17.8 Å². The zero-order chi connectivity index (χ0) is 24.4. The monoisotopic (exact) mass is 481 g/mol. The van der Waals surface area contributed by atoms with Gasteiger partial charge in [0.1, 0.15) is 17.5 Å². The zero-order valence-electron chi connectivity index (χ0n) is 20.1. The van der Waals surface area contributed by atoms with Gasteiger partial charge in [0.25, 0.3) is 0 Å². The van der Waals surface area contributed by atoms with E-state index >= 15 is 0 Å².